The predicted octanol–water partition coefficient (Wildman–Crippen LogP) is 3.44. The number of hydrogen-bond donors (Lipinski definition) is 1. The summed E-state index contributed by atoms with van der Waals surface area (Å²) in [7, 11) is 0. The summed E-state index contributed by atoms with van der Waals surface area (Å²) in [6.45, 7) is 0.761. The van der Waals surface area contributed by atoms with Crippen molar-refractivity contribution < 1.29 is 9.32 Å². The summed E-state index contributed by atoms with van der Waals surface area (Å²) in [5, 5.41) is 7.96. The Morgan fingerprint density at radius 2 is 2.24 bits per heavy atom. The first-order valence-corrected chi connectivity index (χ1v) is 8.38. The Morgan fingerprint density at radius 1 is 1.38 bits per heavy atom. The second kappa shape index (κ2) is 6.60. The van der Waals surface area contributed by atoms with Gasteiger partial charge in [0.2, 0.25) is 5.91 Å². The highest BCUT2D eigenvalue weighted by Gasteiger charge is 2.20. The maximum Gasteiger partial charge on any atom is 0.226 e. The quantitative estimate of drug-likeness (QED) is 0.859. The molecule has 0 saturated heterocycles. The first-order chi connectivity index (χ1) is 10.2. The van der Waals surface area contributed by atoms with E-state index in [2.05, 4.69) is 26.4 Å². The molecule has 4 nitrogen and oxygen atoms in total. The van der Waals surface area contributed by atoms with Crippen LogP contribution < -0.4 is 5.32 Å². The van der Waals surface area contributed by atoms with Gasteiger partial charge in [-0.1, -0.05) is 39.6 Å². The molecule has 5 heteroatoms. The van der Waals surface area contributed by atoms with Gasteiger partial charge in [-0.15, -0.1) is 0 Å². The van der Waals surface area contributed by atoms with E-state index >= 15 is 0 Å². The van der Waals surface area contributed by atoms with Crippen molar-refractivity contribution in [3.05, 3.63) is 30.0 Å². The van der Waals surface area contributed by atoms with Crippen LogP contribution in [-0.2, 0) is 11.2 Å². The average molecular weight is 351 g/mol. The number of nitrogens with zero attached hydrogens (tertiary/aromatic N) is 1. The van der Waals surface area contributed by atoms with E-state index in [-0.39, 0.29) is 12.3 Å². The van der Waals surface area contributed by atoms with Crippen LogP contribution in [0.25, 0.3) is 11.0 Å². The summed E-state index contributed by atoms with van der Waals surface area (Å²) in [5.41, 5.74) is 1.44. The third-order valence-corrected chi connectivity index (χ3v) is 4.92. The molecule has 2 unspecified atom stereocenters. The number of nitrogens with one attached hydrogen (secondary N) is 1. The molecule has 0 radical (unpaired) electrons. The molecule has 0 bridgehead atoms. The fraction of sp³-hybridized carbons (Fsp3) is 0.500. The largest absolute Gasteiger partial charge is 0.356 e. The smallest absolute Gasteiger partial charge is 0.226 e. The molecule has 1 aromatic carbocycles. The van der Waals surface area contributed by atoms with E-state index < -0.39 is 0 Å². The topological polar surface area (TPSA) is 55.1 Å². The van der Waals surface area contributed by atoms with E-state index in [1.807, 2.05) is 24.3 Å². The minimum Gasteiger partial charge on any atom is -0.356 e. The van der Waals surface area contributed by atoms with Crippen molar-refractivity contribution >= 4 is 32.8 Å². The van der Waals surface area contributed by atoms with Crippen molar-refractivity contribution in [1.82, 2.24) is 10.5 Å². The summed E-state index contributed by atoms with van der Waals surface area (Å²) in [6, 6.07) is 7.63. The number of amides is 1. The number of para-hydroxylation sites is 1. The van der Waals surface area contributed by atoms with Gasteiger partial charge >= 0.3 is 0 Å². The lowest BCUT2D eigenvalue weighted by Crippen LogP contribution is -2.32. The molecule has 1 heterocycles. The molecule has 3 rings (SSSR count). The van der Waals surface area contributed by atoms with Gasteiger partial charge in [0.1, 0.15) is 5.69 Å². The maximum absolute atomic E-state index is 12.1. The van der Waals surface area contributed by atoms with Gasteiger partial charge in [-0.3, -0.25) is 4.79 Å². The van der Waals surface area contributed by atoms with Crippen LogP contribution in [-0.4, -0.2) is 22.4 Å². The summed E-state index contributed by atoms with van der Waals surface area (Å²) in [5.74, 6) is 0.604. The van der Waals surface area contributed by atoms with Crippen LogP contribution in [0.3, 0.4) is 0 Å². The highest BCUT2D eigenvalue weighted by Crippen LogP contribution is 2.28. The Kier molecular flexibility index (Phi) is 4.58. The number of hydrogen-bond acceptors (Lipinski definition) is 3. The molecular formula is C16H19BrN2O2. The Bertz CT molecular complexity index is 626. The molecule has 0 spiro atoms. The monoisotopic (exact) mass is 350 g/mol. The Balaban J connectivity index is 1.54. The fourth-order valence-corrected chi connectivity index (χ4v) is 3.80. The predicted molar refractivity (Wildman–Crippen MR) is 85.4 cm³/mol. The highest BCUT2D eigenvalue weighted by atomic mass is 79.9. The molecule has 1 saturated carbocycles. The lowest BCUT2D eigenvalue weighted by molar-refractivity contribution is -0.120. The molecule has 21 heavy (non-hydrogen) atoms. The van der Waals surface area contributed by atoms with E-state index in [1.54, 1.807) is 0 Å². The summed E-state index contributed by atoms with van der Waals surface area (Å²) < 4.78 is 5.22. The van der Waals surface area contributed by atoms with Gasteiger partial charge in [0, 0.05) is 16.8 Å². The fourth-order valence-electron chi connectivity index (χ4n) is 2.95. The zero-order chi connectivity index (χ0) is 14.7. The van der Waals surface area contributed by atoms with Gasteiger partial charge in [0.25, 0.3) is 0 Å². The number of halogens is 1. The lowest BCUT2D eigenvalue weighted by Gasteiger charge is -2.25. The van der Waals surface area contributed by atoms with Crippen molar-refractivity contribution in [2.75, 3.05) is 6.54 Å². The van der Waals surface area contributed by atoms with E-state index in [4.69, 9.17) is 4.52 Å². The van der Waals surface area contributed by atoms with Crippen molar-refractivity contribution in [3.8, 4) is 0 Å². The number of aromatic nitrogens is 1. The van der Waals surface area contributed by atoms with E-state index in [1.165, 1.54) is 19.3 Å². The molecule has 2 atom stereocenters. The first-order valence-electron chi connectivity index (χ1n) is 7.46. The molecule has 0 aliphatic heterocycles. The van der Waals surface area contributed by atoms with Crippen LogP contribution in [0.2, 0.25) is 0 Å². The maximum atomic E-state index is 12.1. The molecule has 1 aliphatic rings. The molecule has 1 aromatic heterocycles. The molecule has 1 amide bonds. The normalized spacial score (nSPS) is 22.3. The molecule has 1 aliphatic carbocycles. The van der Waals surface area contributed by atoms with Crippen LogP contribution in [0, 0.1) is 5.92 Å². The van der Waals surface area contributed by atoms with Crippen molar-refractivity contribution in [2.24, 2.45) is 5.92 Å². The zero-order valence-corrected chi connectivity index (χ0v) is 13.4. The van der Waals surface area contributed by atoms with Crippen molar-refractivity contribution in [1.29, 1.82) is 0 Å². The number of benzene rings is 1. The van der Waals surface area contributed by atoms with Crippen LogP contribution in [0.5, 0.6) is 0 Å². The van der Waals surface area contributed by atoms with Crippen LogP contribution in [0.4, 0.5) is 0 Å². The second-order valence-corrected chi connectivity index (χ2v) is 7.03. The number of carbonyl (C=O) groups is 1. The van der Waals surface area contributed by atoms with Gasteiger partial charge < -0.3 is 9.84 Å². The number of alkyl halides is 1. The lowest BCUT2D eigenvalue weighted by atomic mass is 9.89. The summed E-state index contributed by atoms with van der Waals surface area (Å²) >= 11 is 3.68. The standard InChI is InChI=1S/C16H19BrN2O2/c17-12-5-3-4-11(8-12)10-18-16(20)9-14-13-6-1-2-7-15(13)21-19-14/h1-2,6-7,11-12H,3-5,8-10H2,(H,18,20). The zero-order valence-electron chi connectivity index (χ0n) is 11.8. The van der Waals surface area contributed by atoms with Crippen molar-refractivity contribution in [2.45, 2.75) is 36.9 Å². The average Bonchev–Trinajstić information content (AvgIpc) is 2.89. The van der Waals surface area contributed by atoms with Gasteiger partial charge in [-0.05, 0) is 37.3 Å². The number of fused-ring (bicyclic) bond motifs is 1. The molecule has 1 fully saturated rings. The van der Waals surface area contributed by atoms with E-state index in [9.17, 15) is 4.79 Å². The number of carbonyl (C=O) groups excluding carboxylic acids is 1. The van der Waals surface area contributed by atoms with Crippen LogP contribution >= 0.6 is 15.9 Å². The van der Waals surface area contributed by atoms with E-state index in [0.717, 1.165) is 23.9 Å². The van der Waals surface area contributed by atoms with Crippen LogP contribution in [0.15, 0.2) is 28.8 Å². The van der Waals surface area contributed by atoms with Gasteiger partial charge in [0.05, 0.1) is 6.42 Å². The van der Waals surface area contributed by atoms with Crippen LogP contribution in [0.1, 0.15) is 31.4 Å². The Hall–Kier alpha value is -1.36. The SMILES string of the molecule is O=C(Cc1noc2ccccc12)NCC1CCCC(Br)C1. The number of rotatable bonds is 4. The van der Waals surface area contributed by atoms with Gasteiger partial charge in [-0.2, -0.15) is 0 Å². The third kappa shape index (κ3) is 3.64. The third-order valence-electron chi connectivity index (χ3n) is 4.09. The second-order valence-electron chi connectivity index (χ2n) is 5.74. The van der Waals surface area contributed by atoms with Gasteiger partial charge in [-0.25, -0.2) is 0 Å². The highest BCUT2D eigenvalue weighted by molar-refractivity contribution is 9.09. The van der Waals surface area contributed by atoms with Gasteiger partial charge in [0.15, 0.2) is 5.58 Å². The molecule has 1 N–H and O–H groups in total. The van der Waals surface area contributed by atoms with Crippen molar-refractivity contribution in [3.63, 3.8) is 0 Å². The minimum atomic E-state index is 0.0192. The first kappa shape index (κ1) is 14.6. The van der Waals surface area contributed by atoms with E-state index in [0.29, 0.717) is 16.4 Å². The minimum absolute atomic E-state index is 0.0192. The Morgan fingerprint density at radius 3 is 3.10 bits per heavy atom. The summed E-state index contributed by atoms with van der Waals surface area (Å²) in [4.78, 5) is 12.7. The molecule has 112 valence electrons. The Labute approximate surface area is 132 Å². The molecule has 2 aromatic rings. The molecular weight excluding hydrogens is 332 g/mol. The summed E-state index contributed by atoms with van der Waals surface area (Å²) in [6.07, 6.45) is 5.11.